The minimum atomic E-state index is 0.403. The van der Waals surface area contributed by atoms with Crippen LogP contribution in [0, 0.1) is 0 Å². The molecule has 0 saturated carbocycles. The van der Waals surface area contributed by atoms with E-state index in [-0.39, 0.29) is 0 Å². The molecule has 0 saturated heterocycles. The van der Waals surface area contributed by atoms with E-state index in [4.69, 9.17) is 0 Å². The van der Waals surface area contributed by atoms with Crippen LogP contribution >= 0.6 is 0 Å². The Balaban J connectivity index is 1.31. The van der Waals surface area contributed by atoms with Gasteiger partial charge in [0, 0.05) is 55.5 Å². The van der Waals surface area contributed by atoms with Crippen LogP contribution in [0.2, 0.25) is 0 Å². The number of aromatic nitrogens is 2. The topological polar surface area (TPSA) is 9.86 Å². The van der Waals surface area contributed by atoms with Gasteiger partial charge in [-0.05, 0) is 73.1 Å². The second kappa shape index (κ2) is 10.1. The number of hydrogen-bond donors (Lipinski definition) is 0. The molecule has 46 heavy (non-hydrogen) atoms. The molecule has 3 aliphatic carbocycles. The van der Waals surface area contributed by atoms with Gasteiger partial charge in [0.15, 0.2) is 0 Å². The number of para-hydroxylation sites is 1. The van der Waals surface area contributed by atoms with Crippen molar-refractivity contribution in [3.05, 3.63) is 155 Å². The Labute approximate surface area is 268 Å². The van der Waals surface area contributed by atoms with Crippen molar-refractivity contribution in [2.75, 3.05) is 0 Å². The second-order valence-corrected chi connectivity index (χ2v) is 13.0. The van der Waals surface area contributed by atoms with Crippen LogP contribution in [0.4, 0.5) is 0 Å². The molecule has 2 nitrogen and oxygen atoms in total. The molecule has 5 aromatic carbocycles. The third-order valence-electron chi connectivity index (χ3n) is 10.5. The van der Waals surface area contributed by atoms with Gasteiger partial charge in [0.05, 0.1) is 16.6 Å². The van der Waals surface area contributed by atoms with Crippen molar-refractivity contribution in [3.8, 4) is 5.69 Å². The molecule has 2 aromatic heterocycles. The summed E-state index contributed by atoms with van der Waals surface area (Å²) in [4.78, 5) is 0. The van der Waals surface area contributed by atoms with Crippen LogP contribution in [-0.4, -0.2) is 9.13 Å². The van der Waals surface area contributed by atoms with Crippen molar-refractivity contribution >= 4 is 61.3 Å². The first-order chi connectivity index (χ1) is 22.8. The SMILES string of the molecule is C1=Cc2ccc(-n3c4c(c5c6c7ccccc7n(C7=CCC(c8ccccc8)C=C7)c6c6ccccc6c53)C=CCC4)cc2CC1. The fourth-order valence-electron chi connectivity index (χ4n) is 8.47. The second-order valence-electron chi connectivity index (χ2n) is 13.0. The molecule has 1 unspecified atom stereocenters. The summed E-state index contributed by atoms with van der Waals surface area (Å²) in [7, 11) is 0. The van der Waals surface area contributed by atoms with Crippen LogP contribution in [0.1, 0.15) is 53.1 Å². The van der Waals surface area contributed by atoms with Crippen molar-refractivity contribution in [1.82, 2.24) is 9.13 Å². The summed E-state index contributed by atoms with van der Waals surface area (Å²) in [6, 6.07) is 36.2. The molecule has 0 radical (unpaired) electrons. The molecule has 0 fully saturated rings. The molecular weight excluding hydrogens is 556 g/mol. The van der Waals surface area contributed by atoms with E-state index in [9.17, 15) is 0 Å². The van der Waals surface area contributed by atoms with Gasteiger partial charge >= 0.3 is 0 Å². The lowest BCUT2D eigenvalue weighted by molar-refractivity contribution is 0.850. The van der Waals surface area contributed by atoms with Gasteiger partial charge in [0.1, 0.15) is 0 Å². The summed E-state index contributed by atoms with van der Waals surface area (Å²) in [5, 5.41) is 6.70. The third-order valence-corrected chi connectivity index (χ3v) is 10.5. The van der Waals surface area contributed by atoms with E-state index in [0.29, 0.717) is 5.92 Å². The molecule has 0 amide bonds. The molecule has 220 valence electrons. The maximum atomic E-state index is 2.62. The van der Waals surface area contributed by atoms with Crippen molar-refractivity contribution in [3.63, 3.8) is 0 Å². The van der Waals surface area contributed by atoms with Gasteiger partial charge in [-0.25, -0.2) is 0 Å². The lowest BCUT2D eigenvalue weighted by Crippen LogP contribution is -2.05. The van der Waals surface area contributed by atoms with Crippen molar-refractivity contribution < 1.29 is 0 Å². The molecule has 0 aliphatic heterocycles. The predicted molar refractivity (Wildman–Crippen MR) is 196 cm³/mol. The zero-order valence-corrected chi connectivity index (χ0v) is 25.8. The van der Waals surface area contributed by atoms with Crippen molar-refractivity contribution in [1.29, 1.82) is 0 Å². The van der Waals surface area contributed by atoms with Crippen LogP contribution < -0.4 is 0 Å². The highest BCUT2D eigenvalue weighted by atomic mass is 15.0. The highest BCUT2D eigenvalue weighted by molar-refractivity contribution is 6.34. The van der Waals surface area contributed by atoms with Gasteiger partial charge in [-0.3, -0.25) is 0 Å². The van der Waals surface area contributed by atoms with Crippen LogP contribution in [0.25, 0.3) is 67.0 Å². The smallest absolute Gasteiger partial charge is 0.0627 e. The molecule has 10 rings (SSSR count). The summed E-state index contributed by atoms with van der Waals surface area (Å²) in [5.74, 6) is 0.403. The average Bonchev–Trinajstić information content (AvgIpc) is 3.66. The van der Waals surface area contributed by atoms with E-state index in [0.717, 1.165) is 32.1 Å². The first kappa shape index (κ1) is 25.9. The van der Waals surface area contributed by atoms with Gasteiger partial charge in [-0.15, -0.1) is 0 Å². The first-order valence-corrected chi connectivity index (χ1v) is 16.8. The van der Waals surface area contributed by atoms with E-state index in [1.165, 1.54) is 82.8 Å². The van der Waals surface area contributed by atoms with Crippen LogP contribution in [-0.2, 0) is 12.8 Å². The molecule has 0 bridgehead atoms. The van der Waals surface area contributed by atoms with Gasteiger partial charge in [0.2, 0.25) is 0 Å². The summed E-state index contributed by atoms with van der Waals surface area (Å²) in [6.07, 6.45) is 21.9. The number of fused-ring (bicyclic) bond motifs is 11. The zero-order valence-electron chi connectivity index (χ0n) is 25.8. The standard InChI is InChI=1S/C44H34N2/c1-2-12-29(13-3-1)31-22-25-33(26-23-31)45-39-20-10-8-18-37(39)41-42-38-19-9-11-21-40(38)46(34-27-24-30-14-4-5-15-32(30)28-34)44(42)36-17-7-6-16-35(36)43(41)45/h1-4,6-10,12-14,16-20,22,24-28,31H,5,11,15,21,23H2. The Bertz CT molecular complexity index is 2490. The highest BCUT2D eigenvalue weighted by Gasteiger charge is 2.27. The molecular formula is C44H34N2. The lowest BCUT2D eigenvalue weighted by Gasteiger charge is -2.19. The first-order valence-electron chi connectivity index (χ1n) is 16.8. The fourth-order valence-corrected chi connectivity index (χ4v) is 8.47. The minimum absolute atomic E-state index is 0.403. The highest BCUT2D eigenvalue weighted by Crippen LogP contribution is 2.48. The van der Waals surface area contributed by atoms with Crippen LogP contribution in [0.5, 0.6) is 0 Å². The van der Waals surface area contributed by atoms with Crippen molar-refractivity contribution in [2.45, 2.75) is 38.0 Å². The van der Waals surface area contributed by atoms with Crippen LogP contribution in [0.3, 0.4) is 0 Å². The minimum Gasteiger partial charge on any atom is -0.312 e. The number of rotatable bonds is 3. The summed E-state index contributed by atoms with van der Waals surface area (Å²) >= 11 is 0. The quantitative estimate of drug-likeness (QED) is 0.194. The Morgan fingerprint density at radius 1 is 0.609 bits per heavy atom. The fraction of sp³-hybridized carbons (Fsp3) is 0.136. The monoisotopic (exact) mass is 590 g/mol. The Morgan fingerprint density at radius 3 is 2.17 bits per heavy atom. The van der Waals surface area contributed by atoms with E-state index in [1.54, 1.807) is 0 Å². The van der Waals surface area contributed by atoms with Crippen molar-refractivity contribution in [2.24, 2.45) is 0 Å². The average molecular weight is 591 g/mol. The normalized spacial score (nSPS) is 17.2. The third kappa shape index (κ3) is 3.70. The van der Waals surface area contributed by atoms with Crippen LogP contribution in [0.15, 0.2) is 127 Å². The van der Waals surface area contributed by atoms with Gasteiger partial charge in [0.25, 0.3) is 0 Å². The molecule has 7 aromatic rings. The Hall–Kier alpha value is -5.34. The number of allylic oxidation sites excluding steroid dienone is 6. The maximum absolute atomic E-state index is 2.62. The predicted octanol–water partition coefficient (Wildman–Crippen LogP) is 11.4. The number of aryl methyl sites for hydroxylation is 1. The largest absolute Gasteiger partial charge is 0.312 e. The summed E-state index contributed by atoms with van der Waals surface area (Å²) in [6.45, 7) is 0. The molecule has 2 heteroatoms. The molecule has 1 atom stereocenters. The number of benzene rings is 5. The Morgan fingerprint density at radius 2 is 1.35 bits per heavy atom. The number of nitrogens with zero attached hydrogens (tertiary/aromatic N) is 2. The van der Waals surface area contributed by atoms with E-state index in [2.05, 4.69) is 149 Å². The molecule has 2 heterocycles. The van der Waals surface area contributed by atoms with Gasteiger partial charge in [-0.1, -0.05) is 115 Å². The van der Waals surface area contributed by atoms with E-state index >= 15 is 0 Å². The number of hydrogen-bond acceptors (Lipinski definition) is 0. The molecule has 3 aliphatic rings. The Kier molecular flexibility index (Phi) is 5.69. The van der Waals surface area contributed by atoms with E-state index in [1.807, 2.05) is 0 Å². The summed E-state index contributed by atoms with van der Waals surface area (Å²) < 4.78 is 5.16. The lowest BCUT2D eigenvalue weighted by atomic mass is 9.91. The van der Waals surface area contributed by atoms with E-state index < -0.39 is 0 Å². The van der Waals surface area contributed by atoms with Gasteiger partial charge in [-0.2, -0.15) is 0 Å². The molecule has 0 spiro atoms. The van der Waals surface area contributed by atoms with Gasteiger partial charge < -0.3 is 9.13 Å². The maximum Gasteiger partial charge on any atom is 0.0627 e. The molecule has 0 N–H and O–H groups in total. The zero-order chi connectivity index (χ0) is 30.2. The summed E-state index contributed by atoms with van der Waals surface area (Å²) in [5.41, 5.74) is 13.5.